The molecule has 0 spiro atoms. The van der Waals surface area contributed by atoms with E-state index >= 15 is 0 Å². The molecule has 1 aromatic carbocycles. The SMILES string of the molecule is C[C@H](c1ccccc1F)n1cc(C(=O)NCCN2CCCCCC2)nn1. The molecular weight excluding hydrogens is 333 g/mol. The maximum Gasteiger partial charge on any atom is 0.273 e. The highest BCUT2D eigenvalue weighted by Crippen LogP contribution is 2.19. The van der Waals surface area contributed by atoms with Crippen molar-refractivity contribution in [2.24, 2.45) is 0 Å². The summed E-state index contributed by atoms with van der Waals surface area (Å²) in [7, 11) is 0. The number of amides is 1. The first-order chi connectivity index (χ1) is 12.6. The van der Waals surface area contributed by atoms with Crippen LogP contribution in [-0.2, 0) is 0 Å². The largest absolute Gasteiger partial charge is 0.349 e. The monoisotopic (exact) mass is 359 g/mol. The number of rotatable bonds is 6. The molecule has 1 saturated heterocycles. The average Bonchev–Trinajstić information content (AvgIpc) is 3.00. The van der Waals surface area contributed by atoms with Crippen molar-refractivity contribution in [3.05, 3.63) is 47.5 Å². The Morgan fingerprint density at radius 3 is 2.69 bits per heavy atom. The van der Waals surface area contributed by atoms with Gasteiger partial charge in [0.05, 0.1) is 12.2 Å². The van der Waals surface area contributed by atoms with Gasteiger partial charge in [0.1, 0.15) is 5.82 Å². The van der Waals surface area contributed by atoms with Gasteiger partial charge in [0, 0.05) is 18.7 Å². The van der Waals surface area contributed by atoms with E-state index in [1.165, 1.54) is 36.4 Å². The molecule has 0 unspecified atom stereocenters. The lowest BCUT2D eigenvalue weighted by Crippen LogP contribution is -2.35. The van der Waals surface area contributed by atoms with Gasteiger partial charge in [-0.25, -0.2) is 9.07 Å². The lowest BCUT2D eigenvalue weighted by molar-refractivity contribution is 0.0943. The second-order valence-electron chi connectivity index (χ2n) is 6.79. The summed E-state index contributed by atoms with van der Waals surface area (Å²) < 4.78 is 15.4. The van der Waals surface area contributed by atoms with Crippen molar-refractivity contribution in [3.8, 4) is 0 Å². The van der Waals surface area contributed by atoms with Gasteiger partial charge in [0.2, 0.25) is 0 Å². The molecule has 7 heteroatoms. The van der Waals surface area contributed by atoms with E-state index in [1.54, 1.807) is 24.4 Å². The Bertz CT molecular complexity index is 724. The van der Waals surface area contributed by atoms with E-state index in [2.05, 4.69) is 20.5 Å². The fourth-order valence-corrected chi connectivity index (χ4v) is 3.30. The number of likely N-dealkylation sites (tertiary alicyclic amines) is 1. The van der Waals surface area contributed by atoms with Gasteiger partial charge in [-0.2, -0.15) is 0 Å². The predicted molar refractivity (Wildman–Crippen MR) is 97.5 cm³/mol. The average molecular weight is 359 g/mol. The standard InChI is InChI=1S/C19H26FN5O/c1-15(16-8-4-5-9-17(16)20)25-14-18(22-23-25)19(26)21-10-13-24-11-6-2-3-7-12-24/h4-5,8-9,14-15H,2-3,6-7,10-13H2,1H3,(H,21,26)/t15-/m1/s1. The molecule has 0 saturated carbocycles. The smallest absolute Gasteiger partial charge is 0.273 e. The van der Waals surface area contributed by atoms with E-state index in [0.29, 0.717) is 12.1 Å². The third-order valence-corrected chi connectivity index (χ3v) is 4.91. The summed E-state index contributed by atoms with van der Waals surface area (Å²) in [5, 5.41) is 10.8. The normalized spacial score (nSPS) is 16.8. The summed E-state index contributed by atoms with van der Waals surface area (Å²) in [6.45, 7) is 5.48. The zero-order valence-corrected chi connectivity index (χ0v) is 15.2. The number of carbonyl (C=O) groups excluding carboxylic acids is 1. The lowest BCUT2D eigenvalue weighted by atomic mass is 10.1. The molecule has 2 aromatic rings. The zero-order valence-electron chi connectivity index (χ0n) is 15.2. The van der Waals surface area contributed by atoms with E-state index in [0.717, 1.165) is 19.6 Å². The van der Waals surface area contributed by atoms with E-state index in [1.807, 2.05) is 6.92 Å². The molecule has 1 fully saturated rings. The molecule has 6 nitrogen and oxygen atoms in total. The number of benzene rings is 1. The van der Waals surface area contributed by atoms with Crippen LogP contribution < -0.4 is 5.32 Å². The van der Waals surface area contributed by atoms with Gasteiger partial charge in [-0.15, -0.1) is 5.10 Å². The lowest BCUT2D eigenvalue weighted by Gasteiger charge is -2.19. The van der Waals surface area contributed by atoms with Crippen molar-refractivity contribution in [2.45, 2.75) is 38.6 Å². The van der Waals surface area contributed by atoms with Crippen LogP contribution in [0.15, 0.2) is 30.5 Å². The molecule has 0 bridgehead atoms. The van der Waals surface area contributed by atoms with E-state index in [-0.39, 0.29) is 23.5 Å². The minimum Gasteiger partial charge on any atom is -0.349 e. The van der Waals surface area contributed by atoms with Crippen LogP contribution in [0.3, 0.4) is 0 Å². The quantitative estimate of drug-likeness (QED) is 0.861. The number of nitrogens with zero attached hydrogens (tertiary/aromatic N) is 4. The maximum atomic E-state index is 13.9. The molecule has 0 aliphatic carbocycles. The molecule has 1 amide bonds. The van der Waals surface area contributed by atoms with E-state index < -0.39 is 0 Å². The van der Waals surface area contributed by atoms with Crippen LogP contribution in [-0.4, -0.2) is 52.0 Å². The Kier molecular flexibility index (Phi) is 6.33. The summed E-state index contributed by atoms with van der Waals surface area (Å²) in [6, 6.07) is 6.22. The first-order valence-corrected chi connectivity index (χ1v) is 9.32. The summed E-state index contributed by atoms with van der Waals surface area (Å²) in [5.74, 6) is -0.536. The van der Waals surface area contributed by atoms with Crippen molar-refractivity contribution in [3.63, 3.8) is 0 Å². The Balaban J connectivity index is 1.53. The number of hydrogen-bond donors (Lipinski definition) is 1. The van der Waals surface area contributed by atoms with Crippen LogP contribution in [0.5, 0.6) is 0 Å². The van der Waals surface area contributed by atoms with Crippen molar-refractivity contribution in [2.75, 3.05) is 26.2 Å². The highest BCUT2D eigenvalue weighted by molar-refractivity contribution is 5.91. The van der Waals surface area contributed by atoms with Gasteiger partial charge in [-0.1, -0.05) is 36.3 Å². The van der Waals surface area contributed by atoms with E-state index in [9.17, 15) is 9.18 Å². The molecule has 1 atom stereocenters. The number of carbonyl (C=O) groups is 1. The Morgan fingerprint density at radius 2 is 1.96 bits per heavy atom. The van der Waals surface area contributed by atoms with Gasteiger partial charge in [-0.3, -0.25) is 4.79 Å². The fourth-order valence-electron chi connectivity index (χ4n) is 3.30. The molecule has 140 valence electrons. The Morgan fingerprint density at radius 1 is 1.23 bits per heavy atom. The minimum absolute atomic E-state index is 0.244. The van der Waals surface area contributed by atoms with Gasteiger partial charge in [-0.05, 0) is 38.9 Å². The van der Waals surface area contributed by atoms with Crippen LogP contribution in [0, 0.1) is 5.82 Å². The molecular formula is C19H26FN5O. The molecule has 1 aliphatic rings. The molecule has 1 N–H and O–H groups in total. The number of aromatic nitrogens is 3. The van der Waals surface area contributed by atoms with Crippen LogP contribution in [0.1, 0.15) is 54.7 Å². The van der Waals surface area contributed by atoms with Crippen LogP contribution in [0.25, 0.3) is 0 Å². The molecule has 1 aliphatic heterocycles. The van der Waals surface area contributed by atoms with Crippen molar-refractivity contribution in [1.82, 2.24) is 25.2 Å². The Hall–Kier alpha value is -2.28. The topological polar surface area (TPSA) is 63.1 Å². The fraction of sp³-hybridized carbons (Fsp3) is 0.526. The van der Waals surface area contributed by atoms with Gasteiger partial charge in [0.25, 0.3) is 5.91 Å². The second kappa shape index (κ2) is 8.89. The summed E-state index contributed by atoms with van der Waals surface area (Å²) in [5.41, 5.74) is 0.773. The maximum absolute atomic E-state index is 13.9. The molecule has 2 heterocycles. The molecule has 3 rings (SSSR count). The molecule has 26 heavy (non-hydrogen) atoms. The van der Waals surface area contributed by atoms with Gasteiger partial charge < -0.3 is 10.2 Å². The van der Waals surface area contributed by atoms with Gasteiger partial charge in [0.15, 0.2) is 5.69 Å². The Labute approximate surface area is 153 Å². The first kappa shape index (κ1) is 18.5. The predicted octanol–water partition coefficient (Wildman–Crippen LogP) is 2.63. The van der Waals surface area contributed by atoms with Crippen LogP contribution in [0.2, 0.25) is 0 Å². The summed E-state index contributed by atoms with van der Waals surface area (Å²) in [6.07, 6.45) is 6.63. The van der Waals surface area contributed by atoms with Gasteiger partial charge >= 0.3 is 0 Å². The second-order valence-corrected chi connectivity index (χ2v) is 6.79. The third kappa shape index (κ3) is 4.66. The third-order valence-electron chi connectivity index (χ3n) is 4.91. The highest BCUT2D eigenvalue weighted by atomic mass is 19.1. The summed E-state index contributed by atoms with van der Waals surface area (Å²) >= 11 is 0. The number of halogens is 1. The minimum atomic E-state index is -0.331. The number of hydrogen-bond acceptors (Lipinski definition) is 4. The number of nitrogens with one attached hydrogen (secondary N) is 1. The molecule has 1 aromatic heterocycles. The first-order valence-electron chi connectivity index (χ1n) is 9.32. The molecule has 0 radical (unpaired) electrons. The van der Waals surface area contributed by atoms with Crippen LogP contribution >= 0.6 is 0 Å². The zero-order chi connectivity index (χ0) is 18.4. The highest BCUT2D eigenvalue weighted by Gasteiger charge is 2.17. The van der Waals surface area contributed by atoms with E-state index in [4.69, 9.17) is 0 Å². The summed E-state index contributed by atoms with van der Waals surface area (Å²) in [4.78, 5) is 14.7. The van der Waals surface area contributed by atoms with Crippen molar-refractivity contribution in [1.29, 1.82) is 0 Å². The van der Waals surface area contributed by atoms with Crippen LogP contribution in [0.4, 0.5) is 4.39 Å². The van der Waals surface area contributed by atoms with Crippen molar-refractivity contribution >= 4 is 5.91 Å². The van der Waals surface area contributed by atoms with Crippen molar-refractivity contribution < 1.29 is 9.18 Å².